The molecule has 0 aliphatic carbocycles. The van der Waals surface area contributed by atoms with Crippen LogP contribution in [0, 0.1) is 5.41 Å². The van der Waals surface area contributed by atoms with Gasteiger partial charge in [-0.25, -0.2) is 0 Å². The van der Waals surface area contributed by atoms with Gasteiger partial charge in [-0.2, -0.15) is 0 Å². The monoisotopic (exact) mass is 247 g/mol. The van der Waals surface area contributed by atoms with Gasteiger partial charge < -0.3 is 10.0 Å². The van der Waals surface area contributed by atoms with Crippen LogP contribution in [0.25, 0.3) is 0 Å². The van der Waals surface area contributed by atoms with Crippen molar-refractivity contribution in [3.63, 3.8) is 0 Å². The maximum Gasteiger partial charge on any atom is 0.311 e. The van der Waals surface area contributed by atoms with Crippen LogP contribution in [0.4, 0.5) is 5.69 Å². The second kappa shape index (κ2) is 4.63. The van der Waals surface area contributed by atoms with Gasteiger partial charge in [-0.15, -0.1) is 0 Å². The molecule has 1 unspecified atom stereocenters. The predicted molar refractivity (Wildman–Crippen MR) is 73.1 cm³/mol. The third-order valence-electron chi connectivity index (χ3n) is 3.91. The Labute approximate surface area is 108 Å². The van der Waals surface area contributed by atoms with Gasteiger partial charge in [-0.05, 0) is 37.0 Å². The van der Waals surface area contributed by atoms with E-state index in [1.54, 1.807) is 0 Å². The Bertz CT molecular complexity index is 438. The van der Waals surface area contributed by atoms with Crippen LogP contribution >= 0.6 is 0 Å². The molecule has 0 spiro atoms. The molecule has 1 N–H and O–H groups in total. The summed E-state index contributed by atoms with van der Waals surface area (Å²) in [6, 6.07) is 8.47. The fourth-order valence-electron chi connectivity index (χ4n) is 2.43. The highest BCUT2D eigenvalue weighted by Crippen LogP contribution is 2.33. The van der Waals surface area contributed by atoms with Crippen LogP contribution in [0.1, 0.15) is 38.7 Å². The molecule has 1 aromatic rings. The molecule has 1 fully saturated rings. The second-order valence-electron chi connectivity index (χ2n) is 5.78. The molecule has 1 aliphatic rings. The van der Waals surface area contributed by atoms with E-state index in [9.17, 15) is 9.90 Å². The number of benzene rings is 1. The quantitative estimate of drug-likeness (QED) is 0.892. The molecule has 1 heterocycles. The minimum atomic E-state index is -0.691. The molecule has 0 bridgehead atoms. The summed E-state index contributed by atoms with van der Waals surface area (Å²) in [5, 5.41) is 9.23. The van der Waals surface area contributed by atoms with Gasteiger partial charge in [-0.1, -0.05) is 26.0 Å². The maximum absolute atomic E-state index is 11.2. The predicted octanol–water partition coefficient (Wildman–Crippen LogP) is 3.11. The molecular formula is C15H21NO2. The summed E-state index contributed by atoms with van der Waals surface area (Å²) < 4.78 is 0. The molecule has 0 aromatic heterocycles. The van der Waals surface area contributed by atoms with Crippen molar-refractivity contribution in [3.8, 4) is 0 Å². The molecule has 0 saturated carbocycles. The van der Waals surface area contributed by atoms with Crippen molar-refractivity contribution in [2.24, 2.45) is 5.41 Å². The number of rotatable bonds is 3. The summed E-state index contributed by atoms with van der Waals surface area (Å²) in [5.41, 5.74) is 1.85. The minimum absolute atomic E-state index is 0.530. The van der Waals surface area contributed by atoms with E-state index in [0.717, 1.165) is 12.2 Å². The Morgan fingerprint density at radius 3 is 2.39 bits per heavy atom. The molecule has 1 aliphatic heterocycles. The smallest absolute Gasteiger partial charge is 0.311 e. The summed E-state index contributed by atoms with van der Waals surface area (Å²) in [4.78, 5) is 13.4. The Hall–Kier alpha value is -1.51. The van der Waals surface area contributed by atoms with E-state index in [4.69, 9.17) is 0 Å². The van der Waals surface area contributed by atoms with Crippen molar-refractivity contribution < 1.29 is 9.90 Å². The highest BCUT2D eigenvalue weighted by molar-refractivity contribution is 5.76. The lowest BCUT2D eigenvalue weighted by Crippen LogP contribution is -2.31. The second-order valence-corrected chi connectivity index (χ2v) is 5.78. The molecule has 1 saturated heterocycles. The number of aliphatic carboxylic acids is 1. The Kier molecular flexibility index (Phi) is 3.33. The maximum atomic E-state index is 11.2. The first-order chi connectivity index (χ1) is 8.42. The fraction of sp³-hybridized carbons (Fsp3) is 0.533. The number of carboxylic acid groups (broad SMARTS) is 1. The van der Waals surface area contributed by atoms with Crippen LogP contribution in [0.3, 0.4) is 0 Å². The van der Waals surface area contributed by atoms with E-state index >= 15 is 0 Å². The number of hydrogen-bond acceptors (Lipinski definition) is 2. The molecule has 0 radical (unpaired) electrons. The average Bonchev–Trinajstić information content (AvgIpc) is 2.73. The lowest BCUT2D eigenvalue weighted by Gasteiger charge is -2.22. The van der Waals surface area contributed by atoms with E-state index in [0.29, 0.717) is 18.9 Å². The van der Waals surface area contributed by atoms with Crippen molar-refractivity contribution in [3.05, 3.63) is 29.8 Å². The topological polar surface area (TPSA) is 40.5 Å². The number of carbonyl (C=O) groups is 1. The highest BCUT2D eigenvalue weighted by atomic mass is 16.4. The van der Waals surface area contributed by atoms with E-state index in [1.165, 1.54) is 5.56 Å². The first kappa shape index (κ1) is 12.9. The summed E-state index contributed by atoms with van der Waals surface area (Å²) >= 11 is 0. The molecule has 98 valence electrons. The largest absolute Gasteiger partial charge is 0.481 e. The third kappa shape index (κ3) is 2.35. The van der Waals surface area contributed by atoms with Crippen LogP contribution in [0.5, 0.6) is 0 Å². The van der Waals surface area contributed by atoms with Crippen molar-refractivity contribution in [1.82, 2.24) is 0 Å². The molecule has 18 heavy (non-hydrogen) atoms. The first-order valence-corrected chi connectivity index (χ1v) is 6.51. The summed E-state index contributed by atoms with van der Waals surface area (Å²) in [6.45, 7) is 7.60. The van der Waals surface area contributed by atoms with E-state index < -0.39 is 11.4 Å². The SMILES string of the molecule is CC(C)c1ccc(N2CCC(C)(C(=O)O)C2)cc1. The zero-order valence-corrected chi connectivity index (χ0v) is 11.3. The fourth-order valence-corrected chi connectivity index (χ4v) is 2.43. The van der Waals surface area contributed by atoms with Crippen LogP contribution in [0.2, 0.25) is 0 Å². The highest BCUT2D eigenvalue weighted by Gasteiger charge is 2.40. The summed E-state index contributed by atoms with van der Waals surface area (Å²) in [6.07, 6.45) is 0.717. The van der Waals surface area contributed by atoms with Gasteiger partial charge in [0.25, 0.3) is 0 Å². The van der Waals surface area contributed by atoms with E-state index in [2.05, 4.69) is 43.0 Å². The minimum Gasteiger partial charge on any atom is -0.481 e. The Balaban J connectivity index is 2.12. The molecule has 0 amide bonds. The summed E-state index contributed by atoms with van der Waals surface area (Å²) in [7, 11) is 0. The van der Waals surface area contributed by atoms with Gasteiger partial charge in [0.2, 0.25) is 0 Å². The number of carboxylic acids is 1. The molecule has 3 nitrogen and oxygen atoms in total. The normalized spacial score (nSPS) is 23.7. The van der Waals surface area contributed by atoms with E-state index in [-0.39, 0.29) is 0 Å². The van der Waals surface area contributed by atoms with Gasteiger partial charge >= 0.3 is 5.97 Å². The number of anilines is 1. The van der Waals surface area contributed by atoms with Gasteiger partial charge in [-0.3, -0.25) is 4.79 Å². The average molecular weight is 247 g/mol. The first-order valence-electron chi connectivity index (χ1n) is 6.51. The van der Waals surface area contributed by atoms with Gasteiger partial charge in [0.15, 0.2) is 0 Å². The van der Waals surface area contributed by atoms with Crippen LogP contribution < -0.4 is 4.90 Å². The zero-order chi connectivity index (χ0) is 13.3. The molecule has 3 heteroatoms. The third-order valence-corrected chi connectivity index (χ3v) is 3.91. The van der Waals surface area contributed by atoms with Crippen molar-refractivity contribution >= 4 is 11.7 Å². The Morgan fingerprint density at radius 2 is 1.94 bits per heavy atom. The van der Waals surface area contributed by atoms with Crippen molar-refractivity contribution in [2.45, 2.75) is 33.1 Å². The summed E-state index contributed by atoms with van der Waals surface area (Å²) in [5.74, 6) is -0.161. The zero-order valence-electron chi connectivity index (χ0n) is 11.3. The molecular weight excluding hydrogens is 226 g/mol. The van der Waals surface area contributed by atoms with Crippen LogP contribution in [-0.2, 0) is 4.79 Å². The Morgan fingerprint density at radius 1 is 1.33 bits per heavy atom. The molecule has 2 rings (SSSR count). The number of hydrogen-bond donors (Lipinski definition) is 1. The molecule has 1 aromatic carbocycles. The van der Waals surface area contributed by atoms with Gasteiger partial charge in [0.1, 0.15) is 0 Å². The standard InChI is InChI=1S/C15H21NO2/c1-11(2)12-4-6-13(7-5-12)16-9-8-15(3,10-16)14(17)18/h4-7,11H,8-10H2,1-3H3,(H,17,18). The van der Waals surface area contributed by atoms with Crippen molar-refractivity contribution in [1.29, 1.82) is 0 Å². The van der Waals surface area contributed by atoms with Gasteiger partial charge in [0.05, 0.1) is 5.41 Å². The molecule has 1 atom stereocenters. The van der Waals surface area contributed by atoms with Crippen LogP contribution in [-0.4, -0.2) is 24.2 Å². The lowest BCUT2D eigenvalue weighted by atomic mass is 9.90. The number of nitrogens with zero attached hydrogens (tertiary/aromatic N) is 1. The van der Waals surface area contributed by atoms with E-state index in [1.807, 2.05) is 6.92 Å². The van der Waals surface area contributed by atoms with Crippen molar-refractivity contribution in [2.75, 3.05) is 18.0 Å². The van der Waals surface area contributed by atoms with Gasteiger partial charge in [0, 0.05) is 18.8 Å². The lowest BCUT2D eigenvalue weighted by molar-refractivity contribution is -0.146. The van der Waals surface area contributed by atoms with Crippen LogP contribution in [0.15, 0.2) is 24.3 Å².